The van der Waals surface area contributed by atoms with E-state index in [1.807, 2.05) is 91.0 Å². The lowest BCUT2D eigenvalue weighted by Crippen LogP contribution is -2.63. The van der Waals surface area contributed by atoms with Crippen molar-refractivity contribution < 1.29 is 47.6 Å². The number of rotatable bonds is 10. The summed E-state index contributed by atoms with van der Waals surface area (Å²) in [6.07, 6.45) is -6.73. The maximum atomic E-state index is 12.3. The molecule has 0 bridgehead atoms. The Bertz CT molecular complexity index is 1300. The highest BCUT2D eigenvalue weighted by Gasteiger charge is 2.54. The molecule has 1 saturated heterocycles. The summed E-state index contributed by atoms with van der Waals surface area (Å²) < 4.78 is 34.9. The SMILES string of the molecule is CC(=O)O[C@@H]1O[C@@H](COC(c2ccccc2)(c2ccccc2)c2ccccc2)[C@@H](OC(C)=O)[C@H](OC(C)=O)[C@@H]1OC(C)=O. The summed E-state index contributed by atoms with van der Waals surface area (Å²) in [6, 6.07) is 28.7. The molecule has 0 unspecified atom stereocenters. The third-order valence-corrected chi connectivity index (χ3v) is 6.78. The van der Waals surface area contributed by atoms with Crippen molar-refractivity contribution in [1.82, 2.24) is 0 Å². The summed E-state index contributed by atoms with van der Waals surface area (Å²) in [4.78, 5) is 48.6. The van der Waals surface area contributed by atoms with E-state index in [1.54, 1.807) is 0 Å². The number of esters is 4. The molecule has 1 aliphatic heterocycles. The average Bonchev–Trinajstić information content (AvgIpc) is 2.97. The number of hydrogen-bond acceptors (Lipinski definition) is 10. The predicted molar refractivity (Wildman–Crippen MR) is 152 cm³/mol. The van der Waals surface area contributed by atoms with Crippen molar-refractivity contribution >= 4 is 23.9 Å². The van der Waals surface area contributed by atoms with Crippen molar-refractivity contribution in [3.05, 3.63) is 108 Å². The zero-order valence-corrected chi connectivity index (χ0v) is 24.3. The van der Waals surface area contributed by atoms with Crippen LogP contribution in [0.15, 0.2) is 91.0 Å². The van der Waals surface area contributed by atoms with E-state index >= 15 is 0 Å². The molecule has 0 aliphatic carbocycles. The monoisotopic (exact) mass is 590 g/mol. The van der Waals surface area contributed by atoms with Gasteiger partial charge in [-0.2, -0.15) is 0 Å². The number of carbonyl (C=O) groups excluding carboxylic acids is 4. The van der Waals surface area contributed by atoms with Crippen molar-refractivity contribution in [2.24, 2.45) is 0 Å². The van der Waals surface area contributed by atoms with E-state index in [4.69, 9.17) is 28.4 Å². The molecule has 0 spiro atoms. The molecule has 10 heteroatoms. The summed E-state index contributed by atoms with van der Waals surface area (Å²) >= 11 is 0. The summed E-state index contributed by atoms with van der Waals surface area (Å²) in [5, 5.41) is 0. The van der Waals surface area contributed by atoms with Crippen LogP contribution in [0.25, 0.3) is 0 Å². The molecule has 0 saturated carbocycles. The van der Waals surface area contributed by atoms with Gasteiger partial charge in [0.15, 0.2) is 12.2 Å². The topological polar surface area (TPSA) is 124 Å². The van der Waals surface area contributed by atoms with E-state index in [-0.39, 0.29) is 6.61 Å². The molecule has 1 aliphatic rings. The minimum absolute atomic E-state index is 0.237. The van der Waals surface area contributed by atoms with Gasteiger partial charge in [0.1, 0.15) is 11.7 Å². The van der Waals surface area contributed by atoms with E-state index in [0.29, 0.717) is 0 Å². The molecule has 3 aromatic carbocycles. The highest BCUT2D eigenvalue weighted by molar-refractivity contribution is 5.69. The number of carbonyl (C=O) groups is 4. The Hall–Kier alpha value is -4.54. The molecule has 43 heavy (non-hydrogen) atoms. The van der Waals surface area contributed by atoms with Crippen molar-refractivity contribution in [2.75, 3.05) is 6.61 Å². The Kier molecular flexibility index (Phi) is 10.3. The molecule has 1 fully saturated rings. The standard InChI is InChI=1S/C33H34O10/c1-21(34)39-29-28(43-32(42-24(4)37)31(41-23(3)36)30(29)40-22(2)35)20-38-33(25-14-8-5-9-15-25,26-16-10-6-11-17-26)27-18-12-7-13-19-27/h5-19,28-32H,20H2,1-4H3/t28-,29+,30-,31-,32+/m0/s1. The second-order valence-corrected chi connectivity index (χ2v) is 9.96. The lowest BCUT2D eigenvalue weighted by Gasteiger charge is -2.45. The summed E-state index contributed by atoms with van der Waals surface area (Å²) in [7, 11) is 0. The van der Waals surface area contributed by atoms with Gasteiger partial charge in [0.05, 0.1) is 6.61 Å². The Labute approximate surface area is 249 Å². The molecule has 226 valence electrons. The third-order valence-electron chi connectivity index (χ3n) is 6.78. The Morgan fingerprint density at radius 3 is 1.33 bits per heavy atom. The van der Waals surface area contributed by atoms with Crippen LogP contribution in [-0.4, -0.2) is 61.2 Å². The van der Waals surface area contributed by atoms with E-state index in [1.165, 1.54) is 6.92 Å². The van der Waals surface area contributed by atoms with Gasteiger partial charge >= 0.3 is 23.9 Å². The van der Waals surface area contributed by atoms with Crippen molar-refractivity contribution in [2.45, 2.75) is 64.0 Å². The zero-order chi connectivity index (χ0) is 31.0. The van der Waals surface area contributed by atoms with Crippen LogP contribution in [0.4, 0.5) is 0 Å². The maximum absolute atomic E-state index is 12.3. The molecular weight excluding hydrogens is 556 g/mol. The van der Waals surface area contributed by atoms with Crippen LogP contribution in [0.1, 0.15) is 44.4 Å². The third kappa shape index (κ3) is 7.46. The second kappa shape index (κ2) is 14.1. The van der Waals surface area contributed by atoms with Crippen LogP contribution < -0.4 is 0 Å². The summed E-state index contributed by atoms with van der Waals surface area (Å²) in [6.45, 7) is 4.40. The van der Waals surface area contributed by atoms with Crippen LogP contribution in [0.2, 0.25) is 0 Å². The minimum atomic E-state index is -1.49. The van der Waals surface area contributed by atoms with Gasteiger partial charge in [0, 0.05) is 27.7 Å². The van der Waals surface area contributed by atoms with E-state index in [0.717, 1.165) is 37.5 Å². The first kappa shape index (κ1) is 31.4. The first-order valence-corrected chi connectivity index (χ1v) is 13.8. The smallest absolute Gasteiger partial charge is 0.305 e. The molecule has 5 atom stereocenters. The van der Waals surface area contributed by atoms with Gasteiger partial charge in [0.2, 0.25) is 12.4 Å². The van der Waals surface area contributed by atoms with Crippen LogP contribution in [0.3, 0.4) is 0 Å². The van der Waals surface area contributed by atoms with E-state index in [9.17, 15) is 19.2 Å². The average molecular weight is 591 g/mol. The fourth-order valence-electron chi connectivity index (χ4n) is 5.22. The molecule has 3 aromatic rings. The Morgan fingerprint density at radius 2 is 0.930 bits per heavy atom. The quantitative estimate of drug-likeness (QED) is 0.194. The molecule has 4 rings (SSSR count). The van der Waals surface area contributed by atoms with Crippen molar-refractivity contribution in [3.8, 4) is 0 Å². The van der Waals surface area contributed by atoms with Crippen LogP contribution in [-0.2, 0) is 53.2 Å². The van der Waals surface area contributed by atoms with Gasteiger partial charge in [-0.1, -0.05) is 91.0 Å². The lowest BCUT2D eigenvalue weighted by molar-refractivity contribution is -0.303. The first-order valence-electron chi connectivity index (χ1n) is 13.8. The van der Waals surface area contributed by atoms with Gasteiger partial charge in [-0.05, 0) is 16.7 Å². The number of ether oxygens (including phenoxy) is 6. The van der Waals surface area contributed by atoms with Crippen molar-refractivity contribution in [1.29, 1.82) is 0 Å². The van der Waals surface area contributed by atoms with Gasteiger partial charge in [-0.15, -0.1) is 0 Å². The molecule has 10 nitrogen and oxygen atoms in total. The fraction of sp³-hybridized carbons (Fsp3) is 0.333. The maximum Gasteiger partial charge on any atom is 0.305 e. The summed E-state index contributed by atoms with van der Waals surface area (Å²) in [5.74, 6) is -2.93. The molecule has 0 aromatic heterocycles. The first-order chi connectivity index (χ1) is 20.6. The van der Waals surface area contributed by atoms with E-state index < -0.39 is 60.2 Å². The van der Waals surface area contributed by atoms with Crippen LogP contribution >= 0.6 is 0 Å². The Balaban J connectivity index is 1.83. The second-order valence-electron chi connectivity index (χ2n) is 9.96. The van der Waals surface area contributed by atoms with Gasteiger partial charge in [-0.25, -0.2) is 0 Å². The van der Waals surface area contributed by atoms with E-state index in [2.05, 4.69) is 0 Å². The Morgan fingerprint density at radius 1 is 0.558 bits per heavy atom. The highest BCUT2D eigenvalue weighted by Crippen LogP contribution is 2.41. The summed E-state index contributed by atoms with van der Waals surface area (Å²) in [5.41, 5.74) is 1.24. The highest BCUT2D eigenvalue weighted by atomic mass is 16.7. The molecule has 1 heterocycles. The van der Waals surface area contributed by atoms with Crippen molar-refractivity contribution in [3.63, 3.8) is 0 Å². The molecule has 0 amide bonds. The number of hydrogen-bond donors (Lipinski definition) is 0. The molecular formula is C33H34O10. The largest absolute Gasteiger partial charge is 0.456 e. The van der Waals surface area contributed by atoms with Gasteiger partial charge in [-0.3, -0.25) is 19.2 Å². The predicted octanol–water partition coefficient (Wildman–Crippen LogP) is 4.08. The van der Waals surface area contributed by atoms with Crippen LogP contribution in [0.5, 0.6) is 0 Å². The minimum Gasteiger partial charge on any atom is -0.456 e. The fourth-order valence-corrected chi connectivity index (χ4v) is 5.22. The zero-order valence-electron chi connectivity index (χ0n) is 24.3. The lowest BCUT2D eigenvalue weighted by atomic mass is 9.80. The van der Waals surface area contributed by atoms with Gasteiger partial charge in [0.25, 0.3) is 0 Å². The van der Waals surface area contributed by atoms with Crippen LogP contribution in [0, 0.1) is 0 Å². The number of benzene rings is 3. The van der Waals surface area contributed by atoms with Gasteiger partial charge < -0.3 is 28.4 Å². The normalized spacial score (nSPS) is 21.7. The molecule has 0 radical (unpaired) electrons. The molecule has 0 N–H and O–H groups in total.